The zero-order valence-corrected chi connectivity index (χ0v) is 9.56. The van der Waals surface area contributed by atoms with Gasteiger partial charge in [0.1, 0.15) is 0 Å². The lowest BCUT2D eigenvalue weighted by atomic mass is 10.3. The zero-order valence-electron chi connectivity index (χ0n) is 8.56. The standard InChI is InChI=1S/C9H7F7Si/c1-2-3-17(15,16)9-7(13)5(11)4(10)6(12)8(9)14/h2-3H2,1H3. The minimum atomic E-state index is -5.65. The van der Waals surface area contributed by atoms with Crippen LogP contribution in [0.4, 0.5) is 30.2 Å². The van der Waals surface area contributed by atoms with E-state index in [1.807, 2.05) is 0 Å². The lowest BCUT2D eigenvalue weighted by molar-refractivity contribution is 0.381. The van der Waals surface area contributed by atoms with Crippen molar-refractivity contribution in [3.63, 3.8) is 0 Å². The average molecular weight is 276 g/mol. The fourth-order valence-corrected chi connectivity index (χ4v) is 3.10. The molecule has 1 rings (SSSR count). The Balaban J connectivity index is 3.54. The molecule has 17 heavy (non-hydrogen) atoms. The largest absolute Gasteiger partial charge is 0.461 e. The van der Waals surface area contributed by atoms with Gasteiger partial charge in [-0.15, -0.1) is 0 Å². The van der Waals surface area contributed by atoms with Crippen LogP contribution in [0.1, 0.15) is 13.3 Å². The summed E-state index contributed by atoms with van der Waals surface area (Å²) >= 11 is 0. The Kier molecular flexibility index (Phi) is 3.85. The summed E-state index contributed by atoms with van der Waals surface area (Å²) < 4.78 is 90.9. The third-order valence-electron chi connectivity index (χ3n) is 2.14. The number of halogens is 7. The first kappa shape index (κ1) is 14.0. The Labute approximate surface area is 93.4 Å². The molecule has 0 N–H and O–H groups in total. The molecule has 96 valence electrons. The topological polar surface area (TPSA) is 0 Å². The number of hydrogen-bond acceptors (Lipinski definition) is 0. The highest BCUT2D eigenvalue weighted by Crippen LogP contribution is 2.24. The van der Waals surface area contributed by atoms with Gasteiger partial charge in [-0.05, 0) is 0 Å². The first-order chi connectivity index (χ1) is 7.74. The van der Waals surface area contributed by atoms with Crippen molar-refractivity contribution in [3.8, 4) is 0 Å². The van der Waals surface area contributed by atoms with Gasteiger partial charge in [0.25, 0.3) is 0 Å². The molecule has 0 radical (unpaired) electrons. The quantitative estimate of drug-likeness (QED) is 0.261. The van der Waals surface area contributed by atoms with E-state index in [1.54, 1.807) is 0 Å². The van der Waals surface area contributed by atoms with Crippen LogP contribution < -0.4 is 5.19 Å². The van der Waals surface area contributed by atoms with Crippen molar-refractivity contribution in [2.75, 3.05) is 0 Å². The van der Waals surface area contributed by atoms with Gasteiger partial charge >= 0.3 is 8.74 Å². The first-order valence-corrected chi connectivity index (χ1v) is 6.60. The lowest BCUT2D eigenvalue weighted by Crippen LogP contribution is -2.45. The van der Waals surface area contributed by atoms with Crippen LogP contribution in [0, 0.1) is 29.1 Å². The molecule has 0 fully saturated rings. The molecule has 0 saturated heterocycles. The first-order valence-electron chi connectivity index (χ1n) is 4.63. The summed E-state index contributed by atoms with van der Waals surface area (Å²) in [5.41, 5.74) is 0. The average Bonchev–Trinajstić information content (AvgIpc) is 2.23. The van der Waals surface area contributed by atoms with Crippen LogP contribution in [0.2, 0.25) is 6.04 Å². The van der Waals surface area contributed by atoms with E-state index in [-0.39, 0.29) is 6.42 Å². The Morgan fingerprint density at radius 3 is 1.47 bits per heavy atom. The molecular weight excluding hydrogens is 269 g/mol. The molecule has 0 aliphatic heterocycles. The van der Waals surface area contributed by atoms with Crippen molar-refractivity contribution >= 4 is 13.9 Å². The summed E-state index contributed by atoms with van der Waals surface area (Å²) in [6, 6.07) is -0.870. The Hall–Kier alpha value is -1.05. The predicted octanol–water partition coefficient (Wildman–Crippen LogP) is 3.38. The number of benzene rings is 1. The van der Waals surface area contributed by atoms with E-state index in [1.165, 1.54) is 6.92 Å². The molecule has 0 nitrogen and oxygen atoms in total. The van der Waals surface area contributed by atoms with Crippen LogP contribution in [-0.4, -0.2) is 8.74 Å². The molecule has 1 aromatic carbocycles. The van der Waals surface area contributed by atoms with Crippen molar-refractivity contribution in [1.29, 1.82) is 0 Å². The van der Waals surface area contributed by atoms with E-state index in [0.29, 0.717) is 0 Å². The maximum absolute atomic E-state index is 13.4. The summed E-state index contributed by atoms with van der Waals surface area (Å²) in [6.07, 6.45) is -0.112. The van der Waals surface area contributed by atoms with Crippen LogP contribution in [0.15, 0.2) is 0 Å². The second-order valence-electron chi connectivity index (χ2n) is 3.40. The third-order valence-corrected chi connectivity index (χ3v) is 4.44. The highest BCUT2D eigenvalue weighted by Gasteiger charge is 2.45. The van der Waals surface area contributed by atoms with Gasteiger partial charge in [0.05, 0.1) is 5.19 Å². The molecule has 0 heterocycles. The van der Waals surface area contributed by atoms with Gasteiger partial charge in [0.2, 0.25) is 5.82 Å². The fourth-order valence-electron chi connectivity index (χ4n) is 1.37. The summed E-state index contributed by atoms with van der Waals surface area (Å²) in [4.78, 5) is 0. The smallest absolute Gasteiger partial charge is 0.264 e. The van der Waals surface area contributed by atoms with Gasteiger partial charge in [-0.3, -0.25) is 8.22 Å². The van der Waals surface area contributed by atoms with Crippen LogP contribution in [0.25, 0.3) is 0 Å². The van der Waals surface area contributed by atoms with Crippen LogP contribution in [0.3, 0.4) is 0 Å². The van der Waals surface area contributed by atoms with Crippen LogP contribution >= 0.6 is 0 Å². The summed E-state index contributed by atoms with van der Waals surface area (Å²) in [7, 11) is -5.65. The highest BCUT2D eigenvalue weighted by molar-refractivity contribution is 6.80. The van der Waals surface area contributed by atoms with Crippen molar-refractivity contribution in [2.24, 2.45) is 0 Å². The van der Waals surface area contributed by atoms with Gasteiger partial charge in [0.15, 0.2) is 23.3 Å². The molecule has 0 spiro atoms. The molecule has 0 atom stereocenters. The number of rotatable bonds is 3. The monoisotopic (exact) mass is 276 g/mol. The van der Waals surface area contributed by atoms with Crippen LogP contribution in [-0.2, 0) is 0 Å². The van der Waals surface area contributed by atoms with Crippen molar-refractivity contribution in [2.45, 2.75) is 19.4 Å². The summed E-state index contributed by atoms with van der Waals surface area (Å²) in [5, 5.41) is -1.93. The van der Waals surface area contributed by atoms with E-state index >= 15 is 0 Å². The Bertz CT molecular complexity index is 414. The lowest BCUT2D eigenvalue weighted by Gasteiger charge is -2.15. The van der Waals surface area contributed by atoms with Crippen LogP contribution in [0.5, 0.6) is 0 Å². The molecule has 0 saturated carbocycles. The SMILES string of the molecule is CCC[Si](F)(F)c1c(F)c(F)c(F)c(F)c1F. The maximum atomic E-state index is 13.4. The van der Waals surface area contributed by atoms with Gasteiger partial charge in [0, 0.05) is 6.04 Å². The van der Waals surface area contributed by atoms with Crippen molar-refractivity contribution in [1.82, 2.24) is 0 Å². The molecular formula is C9H7F7Si. The third kappa shape index (κ3) is 2.31. The normalized spacial score (nSPS) is 12.0. The van der Waals surface area contributed by atoms with Gasteiger partial charge in [-0.25, -0.2) is 22.0 Å². The minimum Gasteiger partial charge on any atom is -0.264 e. The van der Waals surface area contributed by atoms with Crippen molar-refractivity contribution in [3.05, 3.63) is 29.1 Å². The van der Waals surface area contributed by atoms with Gasteiger partial charge < -0.3 is 0 Å². The summed E-state index contributed by atoms with van der Waals surface area (Å²) in [5.74, 6) is -11.9. The molecule has 0 bridgehead atoms. The Morgan fingerprint density at radius 1 is 0.765 bits per heavy atom. The molecule has 0 unspecified atom stereocenters. The molecule has 0 aliphatic rings. The van der Waals surface area contributed by atoms with E-state index in [2.05, 4.69) is 0 Å². The molecule has 8 heteroatoms. The minimum absolute atomic E-state index is 0.112. The maximum Gasteiger partial charge on any atom is 0.461 e. The van der Waals surface area contributed by atoms with E-state index in [9.17, 15) is 30.2 Å². The Morgan fingerprint density at radius 2 is 1.12 bits per heavy atom. The van der Waals surface area contributed by atoms with Crippen molar-refractivity contribution < 1.29 is 30.2 Å². The summed E-state index contributed by atoms with van der Waals surface area (Å²) in [6.45, 7) is 1.33. The van der Waals surface area contributed by atoms with Gasteiger partial charge in [-0.2, -0.15) is 0 Å². The van der Waals surface area contributed by atoms with E-state index in [4.69, 9.17) is 0 Å². The zero-order chi connectivity index (χ0) is 13.4. The molecule has 0 amide bonds. The highest BCUT2D eigenvalue weighted by atomic mass is 28.4. The number of hydrogen-bond donors (Lipinski definition) is 0. The van der Waals surface area contributed by atoms with Gasteiger partial charge in [-0.1, -0.05) is 13.3 Å². The molecule has 0 aliphatic carbocycles. The fraction of sp³-hybridized carbons (Fsp3) is 0.333. The second kappa shape index (κ2) is 4.67. The van der Waals surface area contributed by atoms with E-state index < -0.39 is 49.1 Å². The molecule has 1 aromatic rings. The predicted molar refractivity (Wildman–Crippen MR) is 48.9 cm³/mol. The second-order valence-corrected chi connectivity index (χ2v) is 5.81. The molecule has 0 aromatic heterocycles. The van der Waals surface area contributed by atoms with E-state index in [0.717, 1.165) is 0 Å².